The summed E-state index contributed by atoms with van der Waals surface area (Å²) >= 11 is 0. The van der Waals surface area contributed by atoms with Gasteiger partial charge in [0.25, 0.3) is 0 Å². The number of aliphatic hydroxyl groups is 2. The van der Waals surface area contributed by atoms with Crippen molar-refractivity contribution in [3.63, 3.8) is 0 Å². The molecule has 0 aliphatic heterocycles. The largest absolute Gasteiger partial charge is 0.387 e. The number of rotatable bonds is 1. The van der Waals surface area contributed by atoms with Crippen molar-refractivity contribution < 1.29 is 10.2 Å². The third-order valence-corrected chi connectivity index (χ3v) is 2.67. The van der Waals surface area contributed by atoms with E-state index in [4.69, 9.17) is 0 Å². The Kier molecular flexibility index (Phi) is 2.59. The molecule has 0 aromatic rings. The second-order valence-electron chi connectivity index (χ2n) is 4.20. The van der Waals surface area contributed by atoms with Crippen LogP contribution in [0.25, 0.3) is 0 Å². The Morgan fingerprint density at radius 2 is 2.17 bits per heavy atom. The summed E-state index contributed by atoms with van der Waals surface area (Å²) < 4.78 is 0. The zero-order valence-electron chi connectivity index (χ0n) is 8.04. The van der Waals surface area contributed by atoms with E-state index in [0.29, 0.717) is 12.3 Å². The van der Waals surface area contributed by atoms with Crippen molar-refractivity contribution in [3.8, 4) is 0 Å². The van der Waals surface area contributed by atoms with Crippen LogP contribution >= 0.6 is 0 Å². The summed E-state index contributed by atoms with van der Waals surface area (Å²) in [6.07, 6.45) is 2.68. The van der Waals surface area contributed by atoms with Gasteiger partial charge in [0.05, 0.1) is 5.60 Å². The van der Waals surface area contributed by atoms with Crippen LogP contribution in [0.4, 0.5) is 0 Å². The molecule has 2 nitrogen and oxygen atoms in total. The molecule has 0 unspecified atom stereocenters. The van der Waals surface area contributed by atoms with Crippen molar-refractivity contribution in [2.24, 2.45) is 5.92 Å². The van der Waals surface area contributed by atoms with E-state index >= 15 is 0 Å². The van der Waals surface area contributed by atoms with Crippen molar-refractivity contribution in [2.75, 3.05) is 0 Å². The third kappa shape index (κ3) is 1.87. The van der Waals surface area contributed by atoms with Gasteiger partial charge < -0.3 is 10.2 Å². The van der Waals surface area contributed by atoms with E-state index in [0.717, 1.165) is 6.42 Å². The van der Waals surface area contributed by atoms with Gasteiger partial charge in [0, 0.05) is 0 Å². The highest BCUT2D eigenvalue weighted by atomic mass is 16.3. The van der Waals surface area contributed by atoms with E-state index < -0.39 is 11.7 Å². The molecule has 0 amide bonds. The van der Waals surface area contributed by atoms with E-state index in [2.05, 4.69) is 13.8 Å². The molecule has 1 aliphatic rings. The molecule has 0 bridgehead atoms. The van der Waals surface area contributed by atoms with Crippen molar-refractivity contribution in [1.82, 2.24) is 0 Å². The average Bonchev–Trinajstić information content (AvgIpc) is 1.94. The fraction of sp³-hybridized carbons (Fsp3) is 0.800. The molecule has 0 aromatic carbocycles. The lowest BCUT2D eigenvalue weighted by atomic mass is 9.81. The van der Waals surface area contributed by atoms with Gasteiger partial charge in [-0.05, 0) is 25.7 Å². The molecule has 0 fully saturated rings. The van der Waals surface area contributed by atoms with Crippen LogP contribution in [0.3, 0.4) is 0 Å². The normalized spacial score (nSPS) is 36.8. The topological polar surface area (TPSA) is 40.5 Å². The highest BCUT2D eigenvalue weighted by molar-refractivity contribution is 5.16. The molecule has 0 aromatic heterocycles. The lowest BCUT2D eigenvalue weighted by Crippen LogP contribution is -2.40. The van der Waals surface area contributed by atoms with Gasteiger partial charge in [0.1, 0.15) is 6.10 Å². The first-order valence-corrected chi connectivity index (χ1v) is 4.54. The Morgan fingerprint density at radius 3 is 2.58 bits per heavy atom. The van der Waals surface area contributed by atoms with Crippen LogP contribution in [0.15, 0.2) is 11.6 Å². The Labute approximate surface area is 73.9 Å². The summed E-state index contributed by atoms with van der Waals surface area (Å²) in [7, 11) is 0. The summed E-state index contributed by atoms with van der Waals surface area (Å²) in [5.41, 5.74) is 0.340. The first-order chi connectivity index (χ1) is 5.43. The molecule has 2 heteroatoms. The number of hydrogen-bond acceptors (Lipinski definition) is 2. The fourth-order valence-electron chi connectivity index (χ4n) is 1.49. The maximum absolute atomic E-state index is 9.65. The van der Waals surface area contributed by atoms with Gasteiger partial charge in [0.2, 0.25) is 0 Å². The smallest absolute Gasteiger partial charge is 0.101 e. The third-order valence-electron chi connectivity index (χ3n) is 2.67. The minimum Gasteiger partial charge on any atom is -0.387 e. The van der Waals surface area contributed by atoms with E-state index in [9.17, 15) is 10.2 Å². The van der Waals surface area contributed by atoms with Crippen molar-refractivity contribution in [2.45, 2.75) is 45.3 Å². The van der Waals surface area contributed by atoms with Crippen LogP contribution in [0.1, 0.15) is 33.6 Å². The molecular formula is C10H18O2. The van der Waals surface area contributed by atoms with Gasteiger partial charge in [-0.1, -0.05) is 25.5 Å². The highest BCUT2D eigenvalue weighted by Gasteiger charge is 2.32. The van der Waals surface area contributed by atoms with Gasteiger partial charge in [-0.2, -0.15) is 0 Å². The predicted octanol–water partition coefficient (Wildman–Crippen LogP) is 1.47. The monoisotopic (exact) mass is 170 g/mol. The van der Waals surface area contributed by atoms with Gasteiger partial charge in [-0.3, -0.25) is 0 Å². The molecule has 1 rings (SSSR count). The van der Waals surface area contributed by atoms with Crippen LogP contribution in [0.2, 0.25) is 0 Å². The second kappa shape index (κ2) is 3.19. The Balaban J connectivity index is 2.75. The maximum Gasteiger partial charge on any atom is 0.101 e. The van der Waals surface area contributed by atoms with Gasteiger partial charge in [-0.25, -0.2) is 0 Å². The molecule has 12 heavy (non-hydrogen) atoms. The van der Waals surface area contributed by atoms with Crippen LogP contribution < -0.4 is 0 Å². The average molecular weight is 170 g/mol. The first kappa shape index (κ1) is 9.75. The molecular weight excluding hydrogens is 152 g/mol. The van der Waals surface area contributed by atoms with Crippen molar-refractivity contribution >= 4 is 0 Å². The Morgan fingerprint density at radius 1 is 1.58 bits per heavy atom. The summed E-state index contributed by atoms with van der Waals surface area (Å²) in [5, 5.41) is 19.2. The first-order valence-electron chi connectivity index (χ1n) is 4.54. The lowest BCUT2D eigenvalue weighted by molar-refractivity contribution is -0.0494. The Hall–Kier alpha value is -0.340. The molecule has 0 spiro atoms. The van der Waals surface area contributed by atoms with E-state index in [1.165, 1.54) is 5.57 Å². The molecule has 0 saturated heterocycles. The predicted molar refractivity (Wildman–Crippen MR) is 48.8 cm³/mol. The van der Waals surface area contributed by atoms with E-state index in [-0.39, 0.29) is 0 Å². The minimum absolute atomic E-state index is 0.482. The Bertz CT molecular complexity index is 192. The maximum atomic E-state index is 9.65. The zero-order valence-corrected chi connectivity index (χ0v) is 8.04. The SMILES string of the molecule is CC(C)C1=C[C@H](O)[C@](C)(O)CC1. The fourth-order valence-corrected chi connectivity index (χ4v) is 1.49. The molecule has 1 aliphatic carbocycles. The van der Waals surface area contributed by atoms with Gasteiger partial charge in [0.15, 0.2) is 0 Å². The van der Waals surface area contributed by atoms with E-state index in [1.807, 2.05) is 0 Å². The molecule has 2 atom stereocenters. The van der Waals surface area contributed by atoms with Gasteiger partial charge >= 0.3 is 0 Å². The standard InChI is InChI=1S/C10H18O2/c1-7(2)8-4-5-10(3,12)9(11)6-8/h6-7,9,11-12H,4-5H2,1-3H3/t9-,10+/m0/s1. The second-order valence-corrected chi connectivity index (χ2v) is 4.20. The molecule has 70 valence electrons. The summed E-state index contributed by atoms with van der Waals surface area (Å²) in [5.74, 6) is 0.482. The minimum atomic E-state index is -0.918. The van der Waals surface area contributed by atoms with Crippen molar-refractivity contribution in [1.29, 1.82) is 0 Å². The highest BCUT2D eigenvalue weighted by Crippen LogP contribution is 2.30. The quantitative estimate of drug-likeness (QED) is 0.585. The summed E-state index contributed by atoms with van der Waals surface area (Å²) in [6.45, 7) is 5.91. The molecule has 0 heterocycles. The van der Waals surface area contributed by atoms with Crippen LogP contribution in [0, 0.1) is 5.92 Å². The summed E-state index contributed by atoms with van der Waals surface area (Å²) in [6, 6.07) is 0. The van der Waals surface area contributed by atoms with Gasteiger partial charge in [-0.15, -0.1) is 0 Å². The number of aliphatic hydroxyl groups excluding tert-OH is 1. The zero-order chi connectivity index (χ0) is 9.35. The molecule has 2 N–H and O–H groups in total. The van der Waals surface area contributed by atoms with Crippen LogP contribution in [0.5, 0.6) is 0 Å². The van der Waals surface area contributed by atoms with Crippen LogP contribution in [-0.2, 0) is 0 Å². The van der Waals surface area contributed by atoms with E-state index in [1.54, 1.807) is 13.0 Å². The molecule has 0 radical (unpaired) electrons. The summed E-state index contributed by atoms with van der Waals surface area (Å²) in [4.78, 5) is 0. The number of hydrogen-bond donors (Lipinski definition) is 2. The number of allylic oxidation sites excluding steroid dienone is 1. The molecule has 0 saturated carbocycles. The lowest BCUT2D eigenvalue weighted by Gasteiger charge is -2.33. The van der Waals surface area contributed by atoms with Crippen LogP contribution in [-0.4, -0.2) is 21.9 Å². The van der Waals surface area contributed by atoms with Crippen molar-refractivity contribution in [3.05, 3.63) is 11.6 Å².